The van der Waals surface area contributed by atoms with Crippen molar-refractivity contribution in [1.82, 2.24) is 0 Å². The maximum Gasteiger partial charge on any atom is 0.129 e. The second-order valence-corrected chi connectivity index (χ2v) is 5.93. The largest absolute Gasteiger partial charge is 0.377 e. The van der Waals surface area contributed by atoms with E-state index in [0.717, 1.165) is 4.47 Å². The summed E-state index contributed by atoms with van der Waals surface area (Å²) in [6.07, 6.45) is 0. The summed E-state index contributed by atoms with van der Waals surface area (Å²) < 4.78 is 28.4. The molecule has 1 N–H and O–H groups in total. The van der Waals surface area contributed by atoms with Gasteiger partial charge in [-0.1, -0.05) is 22.0 Å². The first-order valence-electron chi connectivity index (χ1n) is 5.64. The smallest absolute Gasteiger partial charge is 0.129 e. The molecule has 5 heteroatoms. The van der Waals surface area contributed by atoms with E-state index < -0.39 is 0 Å². The van der Waals surface area contributed by atoms with E-state index in [1.54, 1.807) is 18.2 Å². The van der Waals surface area contributed by atoms with Crippen molar-refractivity contribution in [1.29, 1.82) is 0 Å². The lowest BCUT2D eigenvalue weighted by Gasteiger charge is -2.17. The molecule has 0 aliphatic heterocycles. The first kappa shape index (κ1) is 14.5. The maximum atomic E-state index is 13.8. The minimum Gasteiger partial charge on any atom is -0.377 e. The third kappa shape index (κ3) is 3.54. The number of benzene rings is 2. The summed E-state index contributed by atoms with van der Waals surface area (Å²) >= 11 is 6.55. The summed E-state index contributed by atoms with van der Waals surface area (Å²) in [6.45, 7) is 1.82. The van der Waals surface area contributed by atoms with Crippen LogP contribution in [0.2, 0.25) is 0 Å². The van der Waals surface area contributed by atoms with Gasteiger partial charge in [0.25, 0.3) is 0 Å². The molecular formula is C14H11Br2F2N. The van der Waals surface area contributed by atoms with Gasteiger partial charge in [-0.05, 0) is 53.2 Å². The van der Waals surface area contributed by atoms with Gasteiger partial charge >= 0.3 is 0 Å². The quantitative estimate of drug-likeness (QED) is 0.712. The summed E-state index contributed by atoms with van der Waals surface area (Å²) in [7, 11) is 0. The fourth-order valence-electron chi connectivity index (χ4n) is 1.77. The average Bonchev–Trinajstić information content (AvgIpc) is 2.33. The highest BCUT2D eigenvalue weighted by molar-refractivity contribution is 9.10. The van der Waals surface area contributed by atoms with Crippen LogP contribution in [0.25, 0.3) is 0 Å². The fourth-order valence-corrected chi connectivity index (χ4v) is 2.47. The van der Waals surface area contributed by atoms with E-state index in [0.29, 0.717) is 15.7 Å². The van der Waals surface area contributed by atoms with Gasteiger partial charge in [0.15, 0.2) is 0 Å². The minimum atomic E-state index is -0.339. The van der Waals surface area contributed by atoms with Crippen molar-refractivity contribution in [2.24, 2.45) is 0 Å². The van der Waals surface area contributed by atoms with Gasteiger partial charge in [-0.2, -0.15) is 0 Å². The standard InChI is InChI=1S/C14H11Br2F2N/c1-8(11-4-2-9(15)6-13(11)18)19-14-7-10(17)3-5-12(14)16/h2-8,19H,1H3. The number of nitrogens with one attached hydrogen (secondary N) is 1. The van der Waals surface area contributed by atoms with Crippen LogP contribution < -0.4 is 5.32 Å². The number of rotatable bonds is 3. The summed E-state index contributed by atoms with van der Waals surface area (Å²) in [5.41, 5.74) is 1.12. The molecule has 0 aliphatic carbocycles. The second-order valence-electron chi connectivity index (χ2n) is 4.16. The van der Waals surface area contributed by atoms with Crippen molar-refractivity contribution in [3.8, 4) is 0 Å². The Morgan fingerprint density at radius 3 is 2.47 bits per heavy atom. The monoisotopic (exact) mass is 389 g/mol. The van der Waals surface area contributed by atoms with Crippen LogP contribution in [0.5, 0.6) is 0 Å². The average molecular weight is 391 g/mol. The third-order valence-electron chi connectivity index (χ3n) is 2.73. The normalized spacial score (nSPS) is 12.3. The molecule has 0 heterocycles. The van der Waals surface area contributed by atoms with Crippen molar-refractivity contribution < 1.29 is 8.78 Å². The molecule has 1 atom stereocenters. The molecule has 2 aromatic rings. The Balaban J connectivity index is 2.25. The molecule has 0 saturated carbocycles. The first-order valence-corrected chi connectivity index (χ1v) is 7.22. The Bertz CT molecular complexity index is 602. The van der Waals surface area contributed by atoms with E-state index in [9.17, 15) is 8.78 Å². The summed E-state index contributed by atoms with van der Waals surface area (Å²) in [5, 5.41) is 3.09. The fraction of sp³-hybridized carbons (Fsp3) is 0.143. The predicted octanol–water partition coefficient (Wildman–Crippen LogP) is 5.66. The first-order chi connectivity index (χ1) is 8.97. The Kier molecular flexibility index (Phi) is 4.58. The molecule has 0 saturated heterocycles. The number of hydrogen-bond donors (Lipinski definition) is 1. The van der Waals surface area contributed by atoms with Gasteiger partial charge in [-0.3, -0.25) is 0 Å². The van der Waals surface area contributed by atoms with Crippen LogP contribution in [0.3, 0.4) is 0 Å². The molecule has 0 bridgehead atoms. The summed E-state index contributed by atoms with van der Waals surface area (Å²) in [5.74, 6) is -0.643. The van der Waals surface area contributed by atoms with Crippen molar-refractivity contribution in [3.05, 3.63) is 62.5 Å². The molecular weight excluding hydrogens is 380 g/mol. The van der Waals surface area contributed by atoms with Crippen LogP contribution in [-0.4, -0.2) is 0 Å². The van der Waals surface area contributed by atoms with Crippen molar-refractivity contribution >= 4 is 37.5 Å². The Labute approximate surface area is 127 Å². The van der Waals surface area contributed by atoms with Gasteiger partial charge in [0.2, 0.25) is 0 Å². The van der Waals surface area contributed by atoms with Gasteiger partial charge in [-0.25, -0.2) is 8.78 Å². The van der Waals surface area contributed by atoms with E-state index in [2.05, 4.69) is 37.2 Å². The Morgan fingerprint density at radius 2 is 1.79 bits per heavy atom. The van der Waals surface area contributed by atoms with E-state index in [-0.39, 0.29) is 17.7 Å². The predicted molar refractivity (Wildman–Crippen MR) is 80.2 cm³/mol. The highest BCUT2D eigenvalue weighted by atomic mass is 79.9. The van der Waals surface area contributed by atoms with Crippen LogP contribution in [0.4, 0.5) is 14.5 Å². The zero-order chi connectivity index (χ0) is 14.0. The molecule has 0 amide bonds. The van der Waals surface area contributed by atoms with Crippen molar-refractivity contribution in [2.75, 3.05) is 5.32 Å². The molecule has 1 unspecified atom stereocenters. The summed E-state index contributed by atoms with van der Waals surface area (Å²) in [6, 6.07) is 8.96. The third-order valence-corrected chi connectivity index (χ3v) is 3.91. The molecule has 2 rings (SSSR count). The molecule has 2 aromatic carbocycles. The molecule has 0 fully saturated rings. The Morgan fingerprint density at radius 1 is 1.05 bits per heavy atom. The van der Waals surface area contributed by atoms with E-state index >= 15 is 0 Å². The highest BCUT2D eigenvalue weighted by Gasteiger charge is 2.12. The zero-order valence-corrected chi connectivity index (χ0v) is 13.2. The lowest BCUT2D eigenvalue weighted by molar-refractivity contribution is 0.599. The molecule has 0 radical (unpaired) electrons. The maximum absolute atomic E-state index is 13.8. The minimum absolute atomic E-state index is 0.272. The second kappa shape index (κ2) is 6.01. The van der Waals surface area contributed by atoms with Gasteiger partial charge in [0, 0.05) is 14.5 Å². The Hall–Kier alpha value is -0.940. The van der Waals surface area contributed by atoms with Gasteiger partial charge in [0.1, 0.15) is 11.6 Å². The van der Waals surface area contributed by atoms with Gasteiger partial charge < -0.3 is 5.32 Å². The van der Waals surface area contributed by atoms with E-state index in [4.69, 9.17) is 0 Å². The van der Waals surface area contributed by atoms with Crippen LogP contribution in [0.1, 0.15) is 18.5 Å². The van der Waals surface area contributed by atoms with Crippen LogP contribution in [0, 0.1) is 11.6 Å². The zero-order valence-electron chi connectivity index (χ0n) is 10.1. The molecule has 0 aliphatic rings. The van der Waals surface area contributed by atoms with E-state index in [1.165, 1.54) is 18.2 Å². The van der Waals surface area contributed by atoms with Crippen LogP contribution in [0.15, 0.2) is 45.3 Å². The topological polar surface area (TPSA) is 12.0 Å². The van der Waals surface area contributed by atoms with Gasteiger partial charge in [0.05, 0.1) is 11.7 Å². The highest BCUT2D eigenvalue weighted by Crippen LogP contribution is 2.29. The molecule has 100 valence electrons. The molecule has 1 nitrogen and oxygen atoms in total. The van der Waals surface area contributed by atoms with Crippen molar-refractivity contribution in [3.63, 3.8) is 0 Å². The molecule has 19 heavy (non-hydrogen) atoms. The van der Waals surface area contributed by atoms with Crippen LogP contribution >= 0.6 is 31.9 Å². The lowest BCUT2D eigenvalue weighted by Crippen LogP contribution is -2.09. The van der Waals surface area contributed by atoms with Crippen molar-refractivity contribution in [2.45, 2.75) is 13.0 Å². The van der Waals surface area contributed by atoms with Crippen LogP contribution in [-0.2, 0) is 0 Å². The SMILES string of the molecule is CC(Nc1cc(F)ccc1Br)c1ccc(Br)cc1F. The van der Waals surface area contributed by atoms with E-state index in [1.807, 2.05) is 6.92 Å². The molecule has 0 spiro atoms. The number of hydrogen-bond acceptors (Lipinski definition) is 1. The number of anilines is 1. The lowest BCUT2D eigenvalue weighted by atomic mass is 10.1. The number of halogens is 4. The van der Waals surface area contributed by atoms with Gasteiger partial charge in [-0.15, -0.1) is 0 Å². The molecule has 0 aromatic heterocycles. The summed E-state index contributed by atoms with van der Waals surface area (Å²) in [4.78, 5) is 0.